The van der Waals surface area contributed by atoms with Crippen LogP contribution in [0, 0.1) is 0 Å². The molecular weight excluding hydrogens is 258 g/mol. The number of rotatable bonds is 2. The first-order valence-corrected chi connectivity index (χ1v) is 7.08. The maximum atomic E-state index is 10.8. The summed E-state index contributed by atoms with van der Waals surface area (Å²) in [6.07, 6.45) is 0. The zero-order valence-electron chi connectivity index (χ0n) is 6.08. The minimum atomic E-state index is -6.86. The highest BCUT2D eigenvalue weighted by atomic mass is 28.6. The molecule has 0 unspecified atom stereocenters. The molecule has 0 fully saturated rings. The molecule has 0 atom stereocenters. The standard InChI is InChI=1S/F6OSi2.H6OSi2/c1-8(2,3)7-9(4,5)6;2-1-3/h;2-3H3. The van der Waals surface area contributed by atoms with Crippen molar-refractivity contribution in [1.29, 1.82) is 0 Å². The summed E-state index contributed by atoms with van der Waals surface area (Å²) in [5.41, 5.74) is 0. The van der Waals surface area contributed by atoms with Gasteiger partial charge < -0.3 is 8.23 Å². The minimum absolute atomic E-state index is 0.931. The second-order valence-electron chi connectivity index (χ2n) is 1.40. The lowest BCUT2D eigenvalue weighted by Gasteiger charge is -2.02. The second kappa shape index (κ2) is 5.92. The van der Waals surface area contributed by atoms with Crippen molar-refractivity contribution in [3.63, 3.8) is 0 Å². The van der Waals surface area contributed by atoms with Crippen LogP contribution in [0.15, 0.2) is 0 Å². The highest BCUT2D eigenvalue weighted by Gasteiger charge is 2.57. The number of hydrogen-bond acceptors (Lipinski definition) is 2. The molecule has 0 saturated carbocycles. The van der Waals surface area contributed by atoms with E-state index in [1.54, 1.807) is 0 Å². The third-order valence-corrected chi connectivity index (χ3v) is 2.08. The van der Waals surface area contributed by atoms with E-state index >= 15 is 0 Å². The Morgan fingerprint density at radius 3 is 0.917 bits per heavy atom. The zero-order valence-corrected chi connectivity index (χ0v) is 12.1. The predicted molar refractivity (Wildman–Crippen MR) is 40.2 cm³/mol. The molecule has 0 aliphatic rings. The molecule has 0 aromatic heterocycles. The highest BCUT2D eigenvalue weighted by Crippen LogP contribution is 2.20. The highest BCUT2D eigenvalue weighted by molar-refractivity contribution is 6.66. The van der Waals surface area contributed by atoms with Crippen molar-refractivity contribution in [1.82, 2.24) is 0 Å². The minimum Gasteiger partial charge on any atom is -0.471 e. The van der Waals surface area contributed by atoms with E-state index in [4.69, 9.17) is 0 Å². The summed E-state index contributed by atoms with van der Waals surface area (Å²) in [5.74, 6) is 0. The molecule has 12 heavy (non-hydrogen) atoms. The van der Waals surface area contributed by atoms with Gasteiger partial charge in [0.2, 0.25) is 0 Å². The Balaban J connectivity index is 0. The fraction of sp³-hybridized carbons (Fsp3) is 0. The summed E-state index contributed by atoms with van der Waals surface area (Å²) in [5, 5.41) is 0. The molecular formula is H6F6O2Si4. The van der Waals surface area contributed by atoms with E-state index in [-0.39, 0.29) is 0 Å². The van der Waals surface area contributed by atoms with E-state index in [2.05, 4.69) is 4.12 Å². The van der Waals surface area contributed by atoms with Crippen molar-refractivity contribution < 1.29 is 32.9 Å². The molecule has 0 aromatic carbocycles. The molecule has 0 aliphatic carbocycles. The molecule has 0 radical (unpaired) electrons. The van der Waals surface area contributed by atoms with Gasteiger partial charge >= 0.3 is 18.6 Å². The molecule has 0 aromatic rings. The average molecular weight is 264 g/mol. The van der Waals surface area contributed by atoms with E-state index in [0.717, 1.165) is 21.0 Å². The van der Waals surface area contributed by atoms with Gasteiger partial charge in [0, 0.05) is 0 Å². The van der Waals surface area contributed by atoms with Crippen molar-refractivity contribution in [2.24, 2.45) is 0 Å². The Kier molecular flexibility index (Phi) is 7.33. The summed E-state index contributed by atoms with van der Waals surface area (Å²) in [6, 6.07) is 0. The third-order valence-electron chi connectivity index (χ3n) is 0.231. The van der Waals surface area contributed by atoms with Crippen LogP contribution < -0.4 is 0 Å². The van der Waals surface area contributed by atoms with E-state index in [0.29, 0.717) is 0 Å². The number of hydrogen-bond donors (Lipinski definition) is 0. The first-order chi connectivity index (χ1) is 5.12. The number of halogens is 6. The molecule has 0 saturated heterocycles. The second-order valence-corrected chi connectivity index (χ2v) is 7.27. The Bertz CT molecular complexity index is 93.1. The summed E-state index contributed by atoms with van der Waals surface area (Å²) in [4.78, 5) is 0. The summed E-state index contributed by atoms with van der Waals surface area (Å²) in [7, 11) is -11.9. The normalized spacial score (nSPS) is 12.5. The molecule has 76 valence electrons. The van der Waals surface area contributed by atoms with Crippen molar-refractivity contribution in [3.05, 3.63) is 0 Å². The molecule has 0 aliphatic heterocycles. The van der Waals surface area contributed by atoms with Crippen LogP contribution in [0.1, 0.15) is 0 Å². The maximum Gasteiger partial charge on any atom is 0.797 e. The third kappa shape index (κ3) is 22.4. The molecule has 0 bridgehead atoms. The van der Waals surface area contributed by atoms with Crippen LogP contribution in [0.2, 0.25) is 0 Å². The van der Waals surface area contributed by atoms with Crippen molar-refractivity contribution in [2.75, 3.05) is 0 Å². The fourth-order valence-corrected chi connectivity index (χ4v) is 1.18. The average Bonchev–Trinajstić information content (AvgIpc) is 1.53. The Hall–Kier alpha value is 0.368. The summed E-state index contributed by atoms with van der Waals surface area (Å²) < 4.78 is 71.1. The van der Waals surface area contributed by atoms with Crippen LogP contribution in [0.25, 0.3) is 0 Å². The summed E-state index contributed by atoms with van der Waals surface area (Å²) >= 11 is 0. The predicted octanol–water partition coefficient (Wildman–Crippen LogP) is -0.745. The SMILES string of the molecule is F[Si](F)(F)O[Si](F)(F)F.[SiH3]O[SiH3]. The van der Waals surface area contributed by atoms with Gasteiger partial charge in [-0.15, -0.1) is 0 Å². The van der Waals surface area contributed by atoms with Crippen LogP contribution in [-0.2, 0) is 8.23 Å². The smallest absolute Gasteiger partial charge is 0.471 e. The molecule has 12 heteroatoms. The van der Waals surface area contributed by atoms with Crippen molar-refractivity contribution in [3.8, 4) is 0 Å². The monoisotopic (exact) mass is 264 g/mol. The van der Waals surface area contributed by atoms with Crippen LogP contribution >= 0.6 is 0 Å². The van der Waals surface area contributed by atoms with Crippen LogP contribution in [0.3, 0.4) is 0 Å². The first-order valence-electron chi connectivity index (χ1n) is 2.36. The largest absolute Gasteiger partial charge is 0.797 e. The van der Waals surface area contributed by atoms with Gasteiger partial charge in [-0.25, -0.2) is 24.6 Å². The van der Waals surface area contributed by atoms with Crippen molar-refractivity contribution >= 4 is 39.6 Å². The molecule has 0 rings (SSSR count). The van der Waals surface area contributed by atoms with Gasteiger partial charge in [0.1, 0.15) is 21.0 Å². The Labute approximate surface area is 73.2 Å². The fourth-order valence-electron chi connectivity index (χ4n) is 0.131. The lowest BCUT2D eigenvalue weighted by molar-refractivity contribution is 0.202. The van der Waals surface area contributed by atoms with Gasteiger partial charge in [-0.3, -0.25) is 0 Å². The van der Waals surface area contributed by atoms with Gasteiger partial charge in [-0.05, 0) is 0 Å². The van der Waals surface area contributed by atoms with E-state index < -0.39 is 18.6 Å². The zero-order chi connectivity index (χ0) is 10.4. The van der Waals surface area contributed by atoms with Gasteiger partial charge in [0.05, 0.1) is 0 Å². The molecule has 2 nitrogen and oxygen atoms in total. The van der Waals surface area contributed by atoms with E-state index in [9.17, 15) is 24.6 Å². The van der Waals surface area contributed by atoms with Crippen LogP contribution in [0.4, 0.5) is 24.6 Å². The molecule has 0 spiro atoms. The molecule has 0 amide bonds. The Morgan fingerprint density at radius 1 is 0.750 bits per heavy atom. The maximum absolute atomic E-state index is 10.8. The lowest BCUT2D eigenvalue weighted by atomic mass is 15.8. The topological polar surface area (TPSA) is 18.5 Å². The lowest BCUT2D eigenvalue weighted by Crippen LogP contribution is -2.34. The van der Waals surface area contributed by atoms with Crippen LogP contribution in [0.5, 0.6) is 0 Å². The van der Waals surface area contributed by atoms with Gasteiger partial charge in [-0.1, -0.05) is 0 Å². The Morgan fingerprint density at radius 2 is 0.917 bits per heavy atom. The van der Waals surface area contributed by atoms with Gasteiger partial charge in [0.25, 0.3) is 0 Å². The van der Waals surface area contributed by atoms with E-state index in [1.807, 2.05) is 4.12 Å². The quantitative estimate of drug-likeness (QED) is 0.371. The van der Waals surface area contributed by atoms with Gasteiger partial charge in [0.15, 0.2) is 0 Å². The van der Waals surface area contributed by atoms with Crippen molar-refractivity contribution in [2.45, 2.75) is 0 Å². The van der Waals surface area contributed by atoms with Gasteiger partial charge in [-0.2, -0.15) is 0 Å². The molecule has 0 N–H and O–H groups in total. The summed E-state index contributed by atoms with van der Waals surface area (Å²) in [6.45, 7) is 0. The first kappa shape index (κ1) is 14.9. The van der Waals surface area contributed by atoms with E-state index in [1.165, 1.54) is 0 Å². The molecule has 0 heterocycles. The van der Waals surface area contributed by atoms with Crippen LogP contribution in [-0.4, -0.2) is 39.6 Å².